The van der Waals surface area contributed by atoms with E-state index in [1.54, 1.807) is 25.1 Å². The summed E-state index contributed by atoms with van der Waals surface area (Å²) in [4.78, 5) is 28.2. The van der Waals surface area contributed by atoms with Crippen LogP contribution in [0.4, 0.5) is 5.69 Å². The number of para-hydroxylation sites is 1. The summed E-state index contributed by atoms with van der Waals surface area (Å²) in [6.45, 7) is 1.95. The predicted octanol–water partition coefficient (Wildman–Crippen LogP) is 3.61. The second kappa shape index (κ2) is 7.82. The SMILES string of the molecule is CCOC(=O)c1[nH]c2ccccc2c1NC(=O)c1ccc(OC)cc1OC. The van der Waals surface area contributed by atoms with E-state index in [9.17, 15) is 9.59 Å². The first-order valence-electron chi connectivity index (χ1n) is 8.40. The molecular formula is C20H20N2O5. The zero-order valence-corrected chi connectivity index (χ0v) is 15.3. The number of fused-ring (bicyclic) bond motifs is 1. The Hall–Kier alpha value is -3.48. The van der Waals surface area contributed by atoms with Crippen molar-refractivity contribution in [1.29, 1.82) is 0 Å². The summed E-state index contributed by atoms with van der Waals surface area (Å²) in [6.07, 6.45) is 0. The predicted molar refractivity (Wildman–Crippen MR) is 102 cm³/mol. The van der Waals surface area contributed by atoms with Gasteiger partial charge < -0.3 is 24.5 Å². The van der Waals surface area contributed by atoms with Crippen LogP contribution in [0.5, 0.6) is 11.5 Å². The number of carbonyl (C=O) groups is 2. The van der Waals surface area contributed by atoms with E-state index in [1.807, 2.05) is 24.3 Å². The van der Waals surface area contributed by atoms with Crippen LogP contribution in [0.15, 0.2) is 42.5 Å². The lowest BCUT2D eigenvalue weighted by Crippen LogP contribution is -2.16. The molecule has 27 heavy (non-hydrogen) atoms. The smallest absolute Gasteiger partial charge is 0.356 e. The number of esters is 1. The van der Waals surface area contributed by atoms with Crippen molar-refractivity contribution in [3.63, 3.8) is 0 Å². The van der Waals surface area contributed by atoms with E-state index in [4.69, 9.17) is 14.2 Å². The monoisotopic (exact) mass is 368 g/mol. The van der Waals surface area contributed by atoms with Crippen LogP contribution >= 0.6 is 0 Å². The molecule has 1 aromatic heterocycles. The van der Waals surface area contributed by atoms with Crippen molar-refractivity contribution < 1.29 is 23.8 Å². The number of hydrogen-bond donors (Lipinski definition) is 2. The fraction of sp³-hybridized carbons (Fsp3) is 0.200. The van der Waals surface area contributed by atoms with Gasteiger partial charge in [0.15, 0.2) is 0 Å². The highest BCUT2D eigenvalue weighted by Crippen LogP contribution is 2.30. The van der Waals surface area contributed by atoms with Crippen molar-refractivity contribution in [1.82, 2.24) is 4.98 Å². The second-order valence-electron chi connectivity index (χ2n) is 5.66. The van der Waals surface area contributed by atoms with Crippen molar-refractivity contribution in [2.24, 2.45) is 0 Å². The van der Waals surface area contributed by atoms with Gasteiger partial charge in [-0.25, -0.2) is 4.79 Å². The maximum absolute atomic E-state index is 12.9. The van der Waals surface area contributed by atoms with E-state index in [1.165, 1.54) is 14.2 Å². The first-order valence-corrected chi connectivity index (χ1v) is 8.40. The topological polar surface area (TPSA) is 89.7 Å². The first-order chi connectivity index (χ1) is 13.1. The van der Waals surface area contributed by atoms with Crippen molar-refractivity contribution in [3.05, 3.63) is 53.7 Å². The highest BCUT2D eigenvalue weighted by molar-refractivity contribution is 6.15. The van der Waals surface area contributed by atoms with E-state index in [2.05, 4.69) is 10.3 Å². The molecule has 3 aromatic rings. The Morgan fingerprint density at radius 3 is 2.56 bits per heavy atom. The summed E-state index contributed by atoms with van der Waals surface area (Å²) in [6, 6.07) is 12.2. The minimum absolute atomic E-state index is 0.193. The number of benzene rings is 2. The number of aromatic amines is 1. The third-order valence-electron chi connectivity index (χ3n) is 4.08. The molecule has 3 rings (SSSR count). The lowest BCUT2D eigenvalue weighted by Gasteiger charge is -2.11. The van der Waals surface area contributed by atoms with Crippen molar-refractivity contribution in [2.75, 3.05) is 26.1 Å². The fourth-order valence-corrected chi connectivity index (χ4v) is 2.80. The Labute approximate surface area is 156 Å². The second-order valence-corrected chi connectivity index (χ2v) is 5.66. The number of amides is 1. The van der Waals surface area contributed by atoms with E-state index in [-0.39, 0.29) is 12.3 Å². The molecule has 0 atom stereocenters. The summed E-state index contributed by atoms with van der Waals surface area (Å²) < 4.78 is 15.5. The maximum Gasteiger partial charge on any atom is 0.356 e. The molecule has 2 aromatic carbocycles. The number of methoxy groups -OCH3 is 2. The molecule has 0 unspecified atom stereocenters. The van der Waals surface area contributed by atoms with Crippen LogP contribution < -0.4 is 14.8 Å². The number of carbonyl (C=O) groups excluding carboxylic acids is 2. The average molecular weight is 368 g/mol. The third kappa shape index (κ3) is 3.57. The van der Waals surface area contributed by atoms with Gasteiger partial charge in [0.1, 0.15) is 17.2 Å². The molecular weight excluding hydrogens is 348 g/mol. The van der Waals surface area contributed by atoms with Crippen LogP contribution in [-0.4, -0.2) is 37.7 Å². The number of hydrogen-bond acceptors (Lipinski definition) is 5. The molecule has 0 fully saturated rings. The summed E-state index contributed by atoms with van der Waals surface area (Å²) in [5.74, 6) is -0.0115. The van der Waals surface area contributed by atoms with E-state index in [0.717, 1.165) is 5.52 Å². The highest BCUT2D eigenvalue weighted by atomic mass is 16.5. The molecule has 1 amide bonds. The maximum atomic E-state index is 12.9. The molecule has 7 nitrogen and oxygen atoms in total. The minimum Gasteiger partial charge on any atom is -0.497 e. The molecule has 2 N–H and O–H groups in total. The first kappa shape index (κ1) is 18.3. The molecule has 0 radical (unpaired) electrons. The quantitative estimate of drug-likeness (QED) is 0.649. The van der Waals surface area contributed by atoms with Crippen LogP contribution in [0.1, 0.15) is 27.8 Å². The van der Waals surface area contributed by atoms with Gasteiger partial charge in [0.25, 0.3) is 5.91 Å². The number of anilines is 1. The zero-order chi connectivity index (χ0) is 19.4. The Morgan fingerprint density at radius 2 is 1.85 bits per heavy atom. The lowest BCUT2D eigenvalue weighted by atomic mass is 10.1. The fourth-order valence-electron chi connectivity index (χ4n) is 2.80. The Kier molecular flexibility index (Phi) is 5.30. The molecule has 0 bridgehead atoms. The van der Waals surface area contributed by atoms with Gasteiger partial charge in [-0.15, -0.1) is 0 Å². The van der Waals surface area contributed by atoms with Gasteiger partial charge in [-0.05, 0) is 25.1 Å². The largest absolute Gasteiger partial charge is 0.497 e. The number of ether oxygens (including phenoxy) is 3. The molecule has 0 aliphatic heterocycles. The molecule has 0 spiro atoms. The molecule has 7 heteroatoms. The molecule has 0 saturated heterocycles. The number of H-pyrrole nitrogens is 1. The third-order valence-corrected chi connectivity index (χ3v) is 4.08. The minimum atomic E-state index is -0.536. The van der Waals surface area contributed by atoms with Gasteiger partial charge in [-0.3, -0.25) is 4.79 Å². The molecule has 0 aliphatic carbocycles. The summed E-state index contributed by atoms with van der Waals surface area (Å²) in [5, 5.41) is 3.52. The number of aromatic nitrogens is 1. The Morgan fingerprint density at radius 1 is 1.07 bits per heavy atom. The standard InChI is InChI=1S/C20H20N2O5/c1-4-27-20(24)18-17(13-7-5-6-8-15(13)21-18)22-19(23)14-10-9-12(25-2)11-16(14)26-3/h5-11,21H,4H2,1-3H3,(H,22,23). The van der Waals surface area contributed by atoms with Gasteiger partial charge in [0.2, 0.25) is 0 Å². The highest BCUT2D eigenvalue weighted by Gasteiger charge is 2.22. The van der Waals surface area contributed by atoms with E-state index < -0.39 is 11.9 Å². The zero-order valence-electron chi connectivity index (χ0n) is 15.3. The summed E-state index contributed by atoms with van der Waals surface area (Å²) >= 11 is 0. The normalized spacial score (nSPS) is 10.5. The molecule has 0 saturated carbocycles. The van der Waals surface area contributed by atoms with Crippen molar-refractivity contribution in [3.8, 4) is 11.5 Å². The van der Waals surface area contributed by atoms with Gasteiger partial charge in [0, 0.05) is 17.0 Å². The molecule has 1 heterocycles. The molecule has 0 aliphatic rings. The lowest BCUT2D eigenvalue weighted by molar-refractivity contribution is 0.0522. The van der Waals surface area contributed by atoms with Gasteiger partial charge in [-0.1, -0.05) is 18.2 Å². The van der Waals surface area contributed by atoms with Gasteiger partial charge in [-0.2, -0.15) is 0 Å². The van der Waals surface area contributed by atoms with Crippen LogP contribution in [0.25, 0.3) is 10.9 Å². The van der Waals surface area contributed by atoms with Crippen molar-refractivity contribution >= 4 is 28.5 Å². The summed E-state index contributed by atoms with van der Waals surface area (Å²) in [5.41, 5.74) is 1.60. The molecule has 140 valence electrons. The van der Waals surface area contributed by atoms with Gasteiger partial charge >= 0.3 is 5.97 Å². The van der Waals surface area contributed by atoms with Crippen LogP contribution in [0, 0.1) is 0 Å². The van der Waals surface area contributed by atoms with Gasteiger partial charge in [0.05, 0.1) is 32.1 Å². The average Bonchev–Trinajstić information content (AvgIpc) is 3.06. The van der Waals surface area contributed by atoms with E-state index in [0.29, 0.717) is 28.1 Å². The van der Waals surface area contributed by atoms with Crippen LogP contribution in [0.3, 0.4) is 0 Å². The van der Waals surface area contributed by atoms with Crippen molar-refractivity contribution in [2.45, 2.75) is 6.92 Å². The van der Waals surface area contributed by atoms with Crippen LogP contribution in [-0.2, 0) is 4.74 Å². The van der Waals surface area contributed by atoms with E-state index >= 15 is 0 Å². The summed E-state index contributed by atoms with van der Waals surface area (Å²) in [7, 11) is 3.01. The Balaban J connectivity index is 2.02. The number of nitrogens with one attached hydrogen (secondary N) is 2. The number of rotatable bonds is 6. The Bertz CT molecular complexity index is 993. The van der Waals surface area contributed by atoms with Crippen LogP contribution in [0.2, 0.25) is 0 Å².